The van der Waals surface area contributed by atoms with Crippen LogP contribution in [0.2, 0.25) is 0 Å². The van der Waals surface area contributed by atoms with Crippen molar-refractivity contribution in [3.05, 3.63) is 52.7 Å². The second-order valence-corrected chi connectivity index (χ2v) is 7.07. The molecule has 1 aliphatic rings. The van der Waals surface area contributed by atoms with Crippen LogP contribution in [0.4, 0.5) is 11.4 Å². The molecule has 1 aliphatic heterocycles. The van der Waals surface area contributed by atoms with Gasteiger partial charge < -0.3 is 15.4 Å². The first-order valence-corrected chi connectivity index (χ1v) is 9.87. The third-order valence-electron chi connectivity index (χ3n) is 5.16. The van der Waals surface area contributed by atoms with Crippen LogP contribution in [-0.4, -0.2) is 65.9 Å². The van der Waals surface area contributed by atoms with Crippen molar-refractivity contribution in [2.24, 2.45) is 0 Å². The van der Waals surface area contributed by atoms with E-state index in [-0.39, 0.29) is 5.56 Å². The van der Waals surface area contributed by atoms with Gasteiger partial charge in [-0.1, -0.05) is 0 Å². The van der Waals surface area contributed by atoms with Crippen molar-refractivity contribution in [1.82, 2.24) is 19.4 Å². The molecule has 3 aromatic rings. The Balaban J connectivity index is 1.55. The van der Waals surface area contributed by atoms with E-state index in [0.717, 1.165) is 50.8 Å². The van der Waals surface area contributed by atoms with Gasteiger partial charge in [0.1, 0.15) is 11.6 Å². The number of fused-ring (bicyclic) bond motifs is 1. The summed E-state index contributed by atoms with van der Waals surface area (Å²) in [4.78, 5) is 24.5. The van der Waals surface area contributed by atoms with Crippen molar-refractivity contribution >= 4 is 22.3 Å². The Morgan fingerprint density at radius 3 is 2.66 bits per heavy atom. The highest BCUT2D eigenvalue weighted by molar-refractivity contribution is 5.81. The zero-order valence-electron chi connectivity index (χ0n) is 16.8. The lowest BCUT2D eigenvalue weighted by molar-refractivity contribution is 0.0398. The molecule has 2 aromatic heterocycles. The first-order valence-electron chi connectivity index (χ1n) is 9.87. The monoisotopic (exact) mass is 394 g/mol. The molecule has 0 radical (unpaired) electrons. The number of hydrogen-bond donors (Lipinski definition) is 2. The Hall–Kier alpha value is -2.97. The Labute approximate surface area is 169 Å². The second-order valence-electron chi connectivity index (χ2n) is 7.07. The summed E-state index contributed by atoms with van der Waals surface area (Å²) in [5, 5.41) is 7.04. The minimum Gasteiger partial charge on any atom is -0.387 e. The van der Waals surface area contributed by atoms with Crippen molar-refractivity contribution < 1.29 is 4.74 Å². The van der Waals surface area contributed by atoms with E-state index in [0.29, 0.717) is 22.5 Å². The number of aromatic nitrogens is 3. The van der Waals surface area contributed by atoms with Crippen molar-refractivity contribution in [3.63, 3.8) is 0 Å². The molecule has 0 unspecified atom stereocenters. The second kappa shape index (κ2) is 8.59. The van der Waals surface area contributed by atoms with Crippen molar-refractivity contribution in [2.75, 3.05) is 57.1 Å². The summed E-state index contributed by atoms with van der Waals surface area (Å²) in [6.45, 7) is 7.18. The lowest BCUT2D eigenvalue weighted by Gasteiger charge is -2.26. The predicted octanol–water partition coefficient (Wildman–Crippen LogP) is 1.87. The standard InChI is InChI=1S/C21H26N6O2/c1-15-25-19-13-16(23-7-8-26-9-11-29-12-10-26)3-5-18(19)21(28)27(15)20-6-4-17(22-2)14-24-20/h3-6,13-14,22-23H,7-12H2,1-2H3. The van der Waals surface area contributed by atoms with Gasteiger partial charge in [0.05, 0.1) is 36.0 Å². The van der Waals surface area contributed by atoms with Crippen LogP contribution in [0, 0.1) is 6.92 Å². The zero-order valence-corrected chi connectivity index (χ0v) is 16.8. The number of anilines is 2. The van der Waals surface area contributed by atoms with Crippen LogP contribution in [0.25, 0.3) is 16.7 Å². The first-order chi connectivity index (χ1) is 14.2. The van der Waals surface area contributed by atoms with E-state index >= 15 is 0 Å². The largest absolute Gasteiger partial charge is 0.387 e. The van der Waals surface area contributed by atoms with Gasteiger partial charge in [-0.3, -0.25) is 9.69 Å². The van der Waals surface area contributed by atoms with Gasteiger partial charge in [-0.2, -0.15) is 0 Å². The van der Waals surface area contributed by atoms with Gasteiger partial charge in [0.15, 0.2) is 0 Å². The molecule has 1 fully saturated rings. The molecule has 3 heterocycles. The fraction of sp³-hybridized carbons (Fsp3) is 0.381. The van der Waals surface area contributed by atoms with Crippen LogP contribution in [-0.2, 0) is 4.74 Å². The lowest BCUT2D eigenvalue weighted by atomic mass is 10.2. The lowest BCUT2D eigenvalue weighted by Crippen LogP contribution is -2.39. The van der Waals surface area contributed by atoms with Crippen LogP contribution in [0.15, 0.2) is 41.3 Å². The molecule has 0 bridgehead atoms. The van der Waals surface area contributed by atoms with E-state index in [1.807, 2.05) is 44.3 Å². The van der Waals surface area contributed by atoms with Gasteiger partial charge in [-0.05, 0) is 37.3 Å². The highest BCUT2D eigenvalue weighted by Crippen LogP contribution is 2.17. The summed E-state index contributed by atoms with van der Waals surface area (Å²) in [7, 11) is 1.83. The molecule has 2 N–H and O–H groups in total. The fourth-order valence-corrected chi connectivity index (χ4v) is 3.53. The third kappa shape index (κ3) is 4.23. The van der Waals surface area contributed by atoms with Gasteiger partial charge in [0.25, 0.3) is 5.56 Å². The molecule has 8 nitrogen and oxygen atoms in total. The summed E-state index contributed by atoms with van der Waals surface area (Å²) in [5.74, 6) is 1.17. The van der Waals surface area contributed by atoms with E-state index in [4.69, 9.17) is 4.74 Å². The Kier molecular flexibility index (Phi) is 5.73. The van der Waals surface area contributed by atoms with E-state index in [1.165, 1.54) is 0 Å². The molecular formula is C21H26N6O2. The Morgan fingerprint density at radius 1 is 1.14 bits per heavy atom. The maximum absolute atomic E-state index is 13.1. The van der Waals surface area contributed by atoms with Crippen LogP contribution in [0.1, 0.15) is 5.82 Å². The number of hydrogen-bond acceptors (Lipinski definition) is 7. The topological polar surface area (TPSA) is 84.3 Å². The van der Waals surface area contributed by atoms with Gasteiger partial charge >= 0.3 is 0 Å². The van der Waals surface area contributed by atoms with Gasteiger partial charge in [-0.25, -0.2) is 14.5 Å². The number of morpholine rings is 1. The van der Waals surface area contributed by atoms with Crippen LogP contribution >= 0.6 is 0 Å². The van der Waals surface area contributed by atoms with E-state index in [1.54, 1.807) is 10.8 Å². The average Bonchev–Trinajstić information content (AvgIpc) is 2.75. The maximum Gasteiger partial charge on any atom is 0.267 e. The number of rotatable bonds is 6. The van der Waals surface area contributed by atoms with Crippen LogP contribution in [0.5, 0.6) is 0 Å². The summed E-state index contributed by atoms with van der Waals surface area (Å²) in [6, 6.07) is 9.40. The van der Waals surface area contributed by atoms with Crippen LogP contribution < -0.4 is 16.2 Å². The molecule has 4 rings (SSSR count). The molecule has 1 aromatic carbocycles. The summed E-state index contributed by atoms with van der Waals surface area (Å²) < 4.78 is 6.93. The summed E-state index contributed by atoms with van der Waals surface area (Å²) >= 11 is 0. The average molecular weight is 394 g/mol. The minimum absolute atomic E-state index is 0.114. The number of benzene rings is 1. The zero-order chi connectivity index (χ0) is 20.2. The molecule has 29 heavy (non-hydrogen) atoms. The molecule has 0 saturated carbocycles. The molecular weight excluding hydrogens is 368 g/mol. The van der Waals surface area contributed by atoms with E-state index in [2.05, 4.69) is 25.5 Å². The van der Waals surface area contributed by atoms with E-state index < -0.39 is 0 Å². The number of aryl methyl sites for hydroxylation is 1. The van der Waals surface area contributed by atoms with Gasteiger partial charge in [0.2, 0.25) is 0 Å². The number of nitrogens with zero attached hydrogens (tertiary/aromatic N) is 4. The van der Waals surface area contributed by atoms with Crippen molar-refractivity contribution in [1.29, 1.82) is 0 Å². The normalized spacial score (nSPS) is 14.8. The fourth-order valence-electron chi connectivity index (χ4n) is 3.53. The molecule has 1 saturated heterocycles. The summed E-state index contributed by atoms with van der Waals surface area (Å²) in [6.07, 6.45) is 1.70. The van der Waals surface area contributed by atoms with Crippen LogP contribution in [0.3, 0.4) is 0 Å². The molecule has 8 heteroatoms. The highest BCUT2D eigenvalue weighted by atomic mass is 16.5. The van der Waals surface area contributed by atoms with Gasteiger partial charge in [0, 0.05) is 38.9 Å². The highest BCUT2D eigenvalue weighted by Gasteiger charge is 2.12. The molecule has 152 valence electrons. The minimum atomic E-state index is -0.114. The SMILES string of the molecule is CNc1ccc(-n2c(C)nc3cc(NCCN4CCOCC4)ccc3c2=O)nc1. The number of nitrogens with one attached hydrogen (secondary N) is 2. The first kappa shape index (κ1) is 19.4. The van der Waals surface area contributed by atoms with Crippen molar-refractivity contribution in [2.45, 2.75) is 6.92 Å². The number of ether oxygens (including phenoxy) is 1. The summed E-state index contributed by atoms with van der Waals surface area (Å²) in [5.41, 5.74) is 2.43. The Morgan fingerprint density at radius 2 is 1.93 bits per heavy atom. The molecule has 0 spiro atoms. The molecule has 0 aliphatic carbocycles. The third-order valence-corrected chi connectivity index (χ3v) is 5.16. The quantitative estimate of drug-likeness (QED) is 0.660. The van der Waals surface area contributed by atoms with E-state index in [9.17, 15) is 4.79 Å². The predicted molar refractivity (Wildman–Crippen MR) is 115 cm³/mol. The molecule has 0 atom stereocenters. The van der Waals surface area contributed by atoms with Gasteiger partial charge in [-0.15, -0.1) is 0 Å². The Bertz CT molecular complexity index is 1040. The number of pyridine rings is 1. The van der Waals surface area contributed by atoms with Crippen molar-refractivity contribution in [3.8, 4) is 5.82 Å². The smallest absolute Gasteiger partial charge is 0.267 e. The maximum atomic E-state index is 13.1. The molecule has 0 amide bonds.